The first-order valence-electron chi connectivity index (χ1n) is 5.72. The fraction of sp³-hybridized carbons (Fsp3) is 0.600. The molecule has 0 atom stereocenters. The van der Waals surface area contributed by atoms with Gasteiger partial charge in [-0.25, -0.2) is 23.1 Å². The summed E-state index contributed by atoms with van der Waals surface area (Å²) >= 11 is 0. The summed E-state index contributed by atoms with van der Waals surface area (Å²) in [6, 6.07) is 0. The Labute approximate surface area is 107 Å². The number of sulfonamides is 1. The second-order valence-corrected chi connectivity index (χ2v) is 5.72. The van der Waals surface area contributed by atoms with Crippen molar-refractivity contribution in [2.75, 3.05) is 30.4 Å². The third-order valence-corrected chi connectivity index (χ3v) is 3.07. The molecule has 0 aliphatic carbocycles. The zero-order valence-corrected chi connectivity index (χ0v) is 11.4. The van der Waals surface area contributed by atoms with Crippen molar-refractivity contribution in [1.82, 2.24) is 14.7 Å². The molecule has 1 aromatic heterocycles. The standard InChI is InChI=1S/C10H19N5O2S/c1-3-8-9(11)13-7-14-10(8)12-5-4-6-15-18(2,16)17/h7,15H,3-6H2,1-2H3,(H3,11,12,13,14). The van der Waals surface area contributed by atoms with E-state index >= 15 is 0 Å². The molecule has 18 heavy (non-hydrogen) atoms. The molecule has 0 amide bonds. The second kappa shape index (κ2) is 6.50. The van der Waals surface area contributed by atoms with Crippen molar-refractivity contribution in [2.24, 2.45) is 0 Å². The highest BCUT2D eigenvalue weighted by molar-refractivity contribution is 7.88. The summed E-state index contributed by atoms with van der Waals surface area (Å²) in [6.07, 6.45) is 3.96. The molecule has 0 aromatic carbocycles. The number of nitrogens with one attached hydrogen (secondary N) is 2. The molecule has 1 rings (SSSR count). The van der Waals surface area contributed by atoms with Crippen LogP contribution < -0.4 is 15.8 Å². The van der Waals surface area contributed by atoms with Crippen molar-refractivity contribution in [3.05, 3.63) is 11.9 Å². The summed E-state index contributed by atoms with van der Waals surface area (Å²) in [6.45, 7) is 2.99. The van der Waals surface area contributed by atoms with Gasteiger partial charge in [-0.1, -0.05) is 6.92 Å². The number of anilines is 2. The second-order valence-electron chi connectivity index (χ2n) is 3.89. The van der Waals surface area contributed by atoms with Crippen LogP contribution in [0.3, 0.4) is 0 Å². The Kier molecular flexibility index (Phi) is 5.29. The van der Waals surface area contributed by atoms with E-state index in [4.69, 9.17) is 5.73 Å². The fourth-order valence-corrected chi connectivity index (χ4v) is 1.99. The van der Waals surface area contributed by atoms with E-state index in [0.717, 1.165) is 18.2 Å². The summed E-state index contributed by atoms with van der Waals surface area (Å²) in [7, 11) is -3.11. The average molecular weight is 273 g/mol. The van der Waals surface area contributed by atoms with Gasteiger partial charge in [0.15, 0.2) is 0 Å². The zero-order chi connectivity index (χ0) is 13.6. The first kappa shape index (κ1) is 14.7. The molecule has 1 heterocycles. The fourth-order valence-electron chi connectivity index (χ4n) is 1.48. The average Bonchev–Trinajstić information content (AvgIpc) is 2.27. The number of hydrogen-bond acceptors (Lipinski definition) is 6. The summed E-state index contributed by atoms with van der Waals surface area (Å²) in [4.78, 5) is 8.04. The summed E-state index contributed by atoms with van der Waals surface area (Å²) in [5.41, 5.74) is 6.62. The summed E-state index contributed by atoms with van der Waals surface area (Å²) in [5.74, 6) is 1.19. The first-order chi connectivity index (χ1) is 8.44. The van der Waals surface area contributed by atoms with Gasteiger partial charge >= 0.3 is 0 Å². The number of nitrogens with zero attached hydrogens (tertiary/aromatic N) is 2. The van der Waals surface area contributed by atoms with Gasteiger partial charge in [0.1, 0.15) is 18.0 Å². The van der Waals surface area contributed by atoms with Crippen molar-refractivity contribution in [3.63, 3.8) is 0 Å². The Morgan fingerprint density at radius 2 is 2.06 bits per heavy atom. The Morgan fingerprint density at radius 1 is 1.33 bits per heavy atom. The van der Waals surface area contributed by atoms with E-state index in [-0.39, 0.29) is 0 Å². The monoisotopic (exact) mass is 273 g/mol. The molecule has 8 heteroatoms. The van der Waals surface area contributed by atoms with E-state index in [0.29, 0.717) is 31.1 Å². The Hall–Kier alpha value is -1.41. The van der Waals surface area contributed by atoms with Crippen molar-refractivity contribution >= 4 is 21.7 Å². The van der Waals surface area contributed by atoms with E-state index in [1.807, 2.05) is 6.92 Å². The van der Waals surface area contributed by atoms with Gasteiger partial charge < -0.3 is 11.1 Å². The van der Waals surface area contributed by atoms with Crippen LogP contribution >= 0.6 is 0 Å². The van der Waals surface area contributed by atoms with E-state index in [1.54, 1.807) is 0 Å². The normalized spacial score (nSPS) is 11.4. The lowest BCUT2D eigenvalue weighted by Crippen LogP contribution is -2.24. The molecule has 0 radical (unpaired) electrons. The van der Waals surface area contributed by atoms with Crippen molar-refractivity contribution in [1.29, 1.82) is 0 Å². The third-order valence-electron chi connectivity index (χ3n) is 2.34. The lowest BCUT2D eigenvalue weighted by atomic mass is 10.2. The molecule has 102 valence electrons. The molecule has 0 bridgehead atoms. The molecule has 0 spiro atoms. The van der Waals surface area contributed by atoms with Crippen LogP contribution in [0, 0.1) is 0 Å². The molecule has 7 nitrogen and oxygen atoms in total. The number of aromatic nitrogens is 2. The number of rotatable bonds is 7. The van der Waals surface area contributed by atoms with Gasteiger partial charge in [-0.2, -0.15) is 0 Å². The van der Waals surface area contributed by atoms with Gasteiger partial charge in [0.2, 0.25) is 10.0 Å². The first-order valence-corrected chi connectivity index (χ1v) is 7.61. The highest BCUT2D eigenvalue weighted by Gasteiger charge is 2.06. The molecule has 0 saturated carbocycles. The predicted octanol–water partition coefficient (Wildman–Crippen LogP) is -0.0276. The van der Waals surface area contributed by atoms with E-state index in [1.165, 1.54) is 6.33 Å². The van der Waals surface area contributed by atoms with Gasteiger partial charge in [-0.3, -0.25) is 0 Å². The van der Waals surface area contributed by atoms with Crippen molar-refractivity contribution < 1.29 is 8.42 Å². The van der Waals surface area contributed by atoms with Gasteiger partial charge in [-0.15, -0.1) is 0 Å². The smallest absolute Gasteiger partial charge is 0.208 e. The van der Waals surface area contributed by atoms with Gasteiger partial charge in [-0.05, 0) is 12.8 Å². The van der Waals surface area contributed by atoms with Gasteiger partial charge in [0.05, 0.1) is 6.26 Å². The molecule has 0 fully saturated rings. The van der Waals surface area contributed by atoms with Crippen molar-refractivity contribution in [2.45, 2.75) is 19.8 Å². The highest BCUT2D eigenvalue weighted by atomic mass is 32.2. The quantitative estimate of drug-likeness (QED) is 0.602. The van der Waals surface area contributed by atoms with Crippen LogP contribution in [-0.4, -0.2) is 37.7 Å². The number of nitrogens with two attached hydrogens (primary N) is 1. The summed E-state index contributed by atoms with van der Waals surface area (Å²) < 4.78 is 24.1. The molecule has 0 unspecified atom stereocenters. The molecule has 1 aromatic rings. The van der Waals surface area contributed by atoms with Crippen LogP contribution in [0.15, 0.2) is 6.33 Å². The minimum absolute atomic E-state index is 0.397. The molecular weight excluding hydrogens is 254 g/mol. The van der Waals surface area contributed by atoms with Crippen LogP contribution in [0.2, 0.25) is 0 Å². The molecule has 0 aliphatic heterocycles. The predicted molar refractivity (Wildman–Crippen MR) is 71.8 cm³/mol. The van der Waals surface area contributed by atoms with E-state index in [2.05, 4.69) is 20.0 Å². The SMILES string of the molecule is CCc1c(N)ncnc1NCCCNS(C)(=O)=O. The topological polar surface area (TPSA) is 110 Å². The maximum atomic E-state index is 10.8. The molecule has 0 saturated heterocycles. The highest BCUT2D eigenvalue weighted by Crippen LogP contribution is 2.17. The zero-order valence-electron chi connectivity index (χ0n) is 10.6. The minimum Gasteiger partial charge on any atom is -0.383 e. The minimum atomic E-state index is -3.11. The van der Waals surface area contributed by atoms with Crippen LogP contribution in [0.4, 0.5) is 11.6 Å². The van der Waals surface area contributed by atoms with E-state index < -0.39 is 10.0 Å². The van der Waals surface area contributed by atoms with Gasteiger partial charge in [0.25, 0.3) is 0 Å². The van der Waals surface area contributed by atoms with Crippen LogP contribution in [-0.2, 0) is 16.4 Å². The Bertz CT molecular complexity index is 489. The van der Waals surface area contributed by atoms with Crippen LogP contribution in [0.5, 0.6) is 0 Å². The van der Waals surface area contributed by atoms with Crippen LogP contribution in [0.1, 0.15) is 18.9 Å². The molecular formula is C10H19N5O2S. The maximum absolute atomic E-state index is 10.8. The van der Waals surface area contributed by atoms with E-state index in [9.17, 15) is 8.42 Å². The lowest BCUT2D eigenvalue weighted by Gasteiger charge is -2.10. The van der Waals surface area contributed by atoms with Crippen LogP contribution in [0.25, 0.3) is 0 Å². The number of nitrogen functional groups attached to an aromatic ring is 1. The number of hydrogen-bond donors (Lipinski definition) is 3. The largest absolute Gasteiger partial charge is 0.383 e. The Morgan fingerprint density at radius 3 is 2.67 bits per heavy atom. The third kappa shape index (κ3) is 4.84. The Balaban J connectivity index is 2.42. The molecule has 0 aliphatic rings. The maximum Gasteiger partial charge on any atom is 0.208 e. The lowest BCUT2D eigenvalue weighted by molar-refractivity contribution is 0.586. The van der Waals surface area contributed by atoms with Crippen molar-refractivity contribution in [3.8, 4) is 0 Å². The summed E-state index contributed by atoms with van der Waals surface area (Å²) in [5, 5.41) is 3.13. The van der Waals surface area contributed by atoms with Gasteiger partial charge in [0, 0.05) is 18.7 Å². The molecule has 4 N–H and O–H groups in total.